The Bertz CT molecular complexity index is 397. The Hall–Kier alpha value is -1.10. The average Bonchev–Trinajstić information content (AvgIpc) is 2.39. The first kappa shape index (κ1) is 14.3. The largest absolute Gasteiger partial charge is 0.388 e. The summed E-state index contributed by atoms with van der Waals surface area (Å²) in [4.78, 5) is 2.09. The van der Waals surface area contributed by atoms with Gasteiger partial charge < -0.3 is 20.5 Å². The van der Waals surface area contributed by atoms with E-state index >= 15 is 0 Å². The lowest BCUT2D eigenvalue weighted by Crippen LogP contribution is -2.45. The predicted molar refractivity (Wildman–Crippen MR) is 77.3 cm³/mol. The lowest BCUT2D eigenvalue weighted by atomic mass is 9.93. The minimum atomic E-state index is -0.632. The molecule has 3 N–H and O–H groups in total. The number of anilines is 1. The Balaban J connectivity index is 2.00. The number of aliphatic hydroxyl groups is 1. The monoisotopic (exact) mass is 264 g/mol. The number of benzene rings is 1. The first-order valence-corrected chi connectivity index (χ1v) is 6.87. The molecule has 1 aliphatic heterocycles. The van der Waals surface area contributed by atoms with E-state index in [9.17, 15) is 5.11 Å². The summed E-state index contributed by atoms with van der Waals surface area (Å²) in [6.45, 7) is 3.90. The van der Waals surface area contributed by atoms with Crippen LogP contribution >= 0.6 is 0 Å². The van der Waals surface area contributed by atoms with Crippen molar-refractivity contribution in [1.82, 2.24) is 0 Å². The zero-order valence-electron chi connectivity index (χ0n) is 11.8. The standard InChI is InChI=1S/C15H24N2O2/c1-12(16)13-3-5-14(6-4-13)17(2)11-15(18)7-9-19-10-8-15/h3-6,12,18H,7-11,16H2,1-2H3. The molecule has 19 heavy (non-hydrogen) atoms. The van der Waals surface area contributed by atoms with E-state index in [-0.39, 0.29) is 6.04 Å². The van der Waals surface area contributed by atoms with Crippen LogP contribution in [-0.4, -0.2) is 37.5 Å². The molecule has 2 rings (SSSR count). The molecule has 0 amide bonds. The highest BCUT2D eigenvalue weighted by atomic mass is 16.5. The number of hydrogen-bond donors (Lipinski definition) is 2. The van der Waals surface area contributed by atoms with Gasteiger partial charge in [-0.15, -0.1) is 0 Å². The summed E-state index contributed by atoms with van der Waals surface area (Å²) in [6.07, 6.45) is 1.41. The SMILES string of the molecule is CC(N)c1ccc(N(C)CC2(O)CCOCC2)cc1. The highest BCUT2D eigenvalue weighted by molar-refractivity contribution is 5.47. The summed E-state index contributed by atoms with van der Waals surface area (Å²) < 4.78 is 5.30. The van der Waals surface area contributed by atoms with Gasteiger partial charge in [0.05, 0.1) is 5.60 Å². The topological polar surface area (TPSA) is 58.7 Å². The molecule has 1 fully saturated rings. The van der Waals surface area contributed by atoms with Gasteiger partial charge in [0.1, 0.15) is 0 Å². The van der Waals surface area contributed by atoms with Gasteiger partial charge in [-0.25, -0.2) is 0 Å². The molecule has 1 aromatic carbocycles. The molecule has 4 heteroatoms. The fraction of sp³-hybridized carbons (Fsp3) is 0.600. The van der Waals surface area contributed by atoms with Gasteiger partial charge in [0.25, 0.3) is 0 Å². The molecule has 0 saturated carbocycles. The summed E-state index contributed by atoms with van der Waals surface area (Å²) in [5, 5.41) is 10.5. The Labute approximate surface area is 115 Å². The van der Waals surface area contributed by atoms with E-state index in [1.54, 1.807) is 0 Å². The molecule has 1 aliphatic rings. The Morgan fingerprint density at radius 3 is 2.42 bits per heavy atom. The van der Waals surface area contributed by atoms with Crippen LogP contribution in [0, 0.1) is 0 Å². The fourth-order valence-corrected chi connectivity index (χ4v) is 2.47. The molecule has 1 saturated heterocycles. The van der Waals surface area contributed by atoms with Crippen molar-refractivity contribution in [3.63, 3.8) is 0 Å². The summed E-state index contributed by atoms with van der Waals surface area (Å²) in [6, 6.07) is 8.26. The van der Waals surface area contributed by atoms with Crippen molar-refractivity contribution < 1.29 is 9.84 Å². The second-order valence-electron chi connectivity index (χ2n) is 5.57. The van der Waals surface area contributed by atoms with E-state index in [0.29, 0.717) is 32.6 Å². The van der Waals surface area contributed by atoms with Crippen LogP contribution in [0.1, 0.15) is 31.4 Å². The van der Waals surface area contributed by atoms with E-state index in [1.807, 2.05) is 26.1 Å². The number of rotatable bonds is 4. The van der Waals surface area contributed by atoms with E-state index < -0.39 is 5.60 Å². The lowest BCUT2D eigenvalue weighted by molar-refractivity contribution is -0.0572. The number of likely N-dealkylation sites (N-methyl/N-ethyl adjacent to an activating group) is 1. The molecule has 1 atom stereocenters. The molecule has 106 valence electrons. The van der Waals surface area contributed by atoms with Crippen LogP contribution in [0.25, 0.3) is 0 Å². The van der Waals surface area contributed by atoms with E-state index in [1.165, 1.54) is 0 Å². The zero-order valence-corrected chi connectivity index (χ0v) is 11.8. The normalized spacial score (nSPS) is 20.0. The van der Waals surface area contributed by atoms with Crippen LogP contribution in [-0.2, 0) is 4.74 Å². The highest BCUT2D eigenvalue weighted by Crippen LogP contribution is 2.24. The molecular weight excluding hydrogens is 240 g/mol. The van der Waals surface area contributed by atoms with Crippen molar-refractivity contribution in [3.05, 3.63) is 29.8 Å². The molecular formula is C15H24N2O2. The van der Waals surface area contributed by atoms with E-state index in [4.69, 9.17) is 10.5 Å². The van der Waals surface area contributed by atoms with Crippen LogP contribution < -0.4 is 10.6 Å². The summed E-state index contributed by atoms with van der Waals surface area (Å²) >= 11 is 0. The van der Waals surface area contributed by atoms with E-state index in [2.05, 4.69) is 17.0 Å². The molecule has 0 radical (unpaired) electrons. The zero-order chi connectivity index (χ0) is 13.9. The van der Waals surface area contributed by atoms with Crippen molar-refractivity contribution in [2.45, 2.75) is 31.4 Å². The van der Waals surface area contributed by atoms with Gasteiger partial charge in [0.2, 0.25) is 0 Å². The third-order valence-corrected chi connectivity index (χ3v) is 3.81. The van der Waals surface area contributed by atoms with Crippen LogP contribution in [0.3, 0.4) is 0 Å². The summed E-state index contributed by atoms with van der Waals surface area (Å²) in [7, 11) is 2.01. The maximum absolute atomic E-state index is 10.5. The minimum Gasteiger partial charge on any atom is -0.388 e. The Morgan fingerprint density at radius 1 is 1.32 bits per heavy atom. The van der Waals surface area contributed by atoms with Gasteiger partial charge >= 0.3 is 0 Å². The molecule has 0 aliphatic carbocycles. The Kier molecular flexibility index (Phi) is 4.45. The van der Waals surface area contributed by atoms with Crippen molar-refractivity contribution in [2.24, 2.45) is 5.73 Å². The summed E-state index contributed by atoms with van der Waals surface area (Å²) in [5.41, 5.74) is 7.44. The Morgan fingerprint density at radius 2 is 1.89 bits per heavy atom. The van der Waals surface area contributed by atoms with Crippen LogP contribution in [0.5, 0.6) is 0 Å². The molecule has 1 aromatic rings. The molecule has 0 bridgehead atoms. The minimum absolute atomic E-state index is 0.0547. The quantitative estimate of drug-likeness (QED) is 0.869. The smallest absolute Gasteiger partial charge is 0.0865 e. The van der Waals surface area contributed by atoms with E-state index in [0.717, 1.165) is 11.3 Å². The molecule has 1 heterocycles. The molecule has 0 spiro atoms. The van der Waals surface area contributed by atoms with Gasteiger partial charge in [0, 0.05) is 51.4 Å². The molecule has 1 unspecified atom stereocenters. The van der Waals surface area contributed by atoms with Gasteiger partial charge in [-0.1, -0.05) is 12.1 Å². The van der Waals surface area contributed by atoms with Crippen LogP contribution in [0.15, 0.2) is 24.3 Å². The van der Waals surface area contributed by atoms with Crippen molar-refractivity contribution >= 4 is 5.69 Å². The van der Waals surface area contributed by atoms with Gasteiger partial charge in [-0.2, -0.15) is 0 Å². The third kappa shape index (κ3) is 3.69. The average molecular weight is 264 g/mol. The van der Waals surface area contributed by atoms with Crippen LogP contribution in [0.4, 0.5) is 5.69 Å². The van der Waals surface area contributed by atoms with Gasteiger partial charge in [-0.3, -0.25) is 0 Å². The maximum Gasteiger partial charge on any atom is 0.0865 e. The van der Waals surface area contributed by atoms with Crippen molar-refractivity contribution in [1.29, 1.82) is 0 Å². The van der Waals surface area contributed by atoms with Gasteiger partial charge in [-0.05, 0) is 24.6 Å². The van der Waals surface area contributed by atoms with Crippen LogP contribution in [0.2, 0.25) is 0 Å². The second kappa shape index (κ2) is 5.90. The lowest BCUT2D eigenvalue weighted by Gasteiger charge is -2.36. The first-order valence-electron chi connectivity index (χ1n) is 6.87. The first-order chi connectivity index (χ1) is 9.00. The number of nitrogens with two attached hydrogens (primary N) is 1. The van der Waals surface area contributed by atoms with Crippen molar-refractivity contribution in [2.75, 3.05) is 31.7 Å². The third-order valence-electron chi connectivity index (χ3n) is 3.81. The molecule has 4 nitrogen and oxygen atoms in total. The number of nitrogens with zero attached hydrogens (tertiary/aromatic N) is 1. The van der Waals surface area contributed by atoms with Crippen molar-refractivity contribution in [3.8, 4) is 0 Å². The fourth-order valence-electron chi connectivity index (χ4n) is 2.47. The number of hydrogen-bond acceptors (Lipinski definition) is 4. The summed E-state index contributed by atoms with van der Waals surface area (Å²) in [5.74, 6) is 0. The number of ether oxygens (including phenoxy) is 1. The predicted octanol–water partition coefficient (Wildman–Crippen LogP) is 1.68. The highest BCUT2D eigenvalue weighted by Gasteiger charge is 2.31. The molecule has 0 aromatic heterocycles. The maximum atomic E-state index is 10.5. The second-order valence-corrected chi connectivity index (χ2v) is 5.57. The van der Waals surface area contributed by atoms with Gasteiger partial charge in [0.15, 0.2) is 0 Å².